The van der Waals surface area contributed by atoms with Crippen LogP contribution in [-0.2, 0) is 17.8 Å². The lowest BCUT2D eigenvalue weighted by Crippen LogP contribution is -2.07. The Bertz CT molecular complexity index is 779. The molecule has 3 aromatic rings. The number of hydrogen-bond acceptors (Lipinski definition) is 3. The largest absolute Gasteiger partial charge is 0.481 e. The van der Waals surface area contributed by atoms with Gasteiger partial charge in [-0.1, -0.05) is 24.3 Å². The number of carboxylic acids is 1. The second-order valence-corrected chi connectivity index (χ2v) is 5.81. The molecule has 0 radical (unpaired) electrons. The van der Waals surface area contributed by atoms with Crippen molar-refractivity contribution in [3.63, 3.8) is 0 Å². The quantitative estimate of drug-likeness (QED) is 0.744. The lowest BCUT2D eigenvalue weighted by Gasteiger charge is -2.10. The molecule has 1 heterocycles. The Balaban J connectivity index is 1.76. The van der Waals surface area contributed by atoms with Gasteiger partial charge < -0.3 is 10.4 Å². The molecule has 0 aliphatic rings. The number of hydrogen-bond donors (Lipinski definition) is 2. The van der Waals surface area contributed by atoms with Crippen molar-refractivity contribution in [3.8, 4) is 0 Å². The highest BCUT2D eigenvalue weighted by Gasteiger charge is 2.06. The first-order chi connectivity index (χ1) is 10.2. The zero-order valence-corrected chi connectivity index (χ0v) is 12.2. The van der Waals surface area contributed by atoms with Gasteiger partial charge in [0.05, 0.1) is 6.42 Å². The van der Waals surface area contributed by atoms with Crippen molar-refractivity contribution in [1.82, 2.24) is 0 Å². The minimum Gasteiger partial charge on any atom is -0.481 e. The summed E-state index contributed by atoms with van der Waals surface area (Å²) in [5.74, 6) is -0.804. The summed E-state index contributed by atoms with van der Waals surface area (Å²) >= 11 is 1.73. The van der Waals surface area contributed by atoms with E-state index >= 15 is 0 Å². The smallest absolute Gasteiger partial charge is 0.307 e. The van der Waals surface area contributed by atoms with Gasteiger partial charge in [-0.05, 0) is 46.2 Å². The molecular formula is C17H15NO2S. The highest BCUT2D eigenvalue weighted by atomic mass is 32.1. The molecule has 0 atom stereocenters. The number of carboxylic acid groups (broad SMARTS) is 1. The summed E-state index contributed by atoms with van der Waals surface area (Å²) in [5, 5.41) is 15.6. The van der Waals surface area contributed by atoms with Gasteiger partial charge in [0.1, 0.15) is 0 Å². The first-order valence-electron chi connectivity index (χ1n) is 6.72. The summed E-state index contributed by atoms with van der Waals surface area (Å²) in [4.78, 5) is 10.9. The Labute approximate surface area is 126 Å². The van der Waals surface area contributed by atoms with Gasteiger partial charge in [-0.15, -0.1) is 11.3 Å². The molecule has 2 N–H and O–H groups in total. The van der Waals surface area contributed by atoms with Crippen molar-refractivity contribution < 1.29 is 9.90 Å². The summed E-state index contributed by atoms with van der Waals surface area (Å²) in [6, 6.07) is 16.0. The van der Waals surface area contributed by atoms with E-state index < -0.39 is 5.97 Å². The van der Waals surface area contributed by atoms with E-state index in [-0.39, 0.29) is 6.42 Å². The van der Waals surface area contributed by atoms with E-state index in [4.69, 9.17) is 5.11 Å². The zero-order valence-electron chi connectivity index (χ0n) is 11.4. The Kier molecular flexibility index (Phi) is 3.88. The van der Waals surface area contributed by atoms with Gasteiger partial charge in [-0.25, -0.2) is 0 Å². The lowest BCUT2D eigenvalue weighted by molar-refractivity contribution is -0.136. The highest BCUT2D eigenvalue weighted by molar-refractivity contribution is 7.17. The first-order valence-corrected chi connectivity index (χ1v) is 7.60. The molecule has 0 unspecified atom stereocenters. The number of aliphatic carboxylic acids is 1. The van der Waals surface area contributed by atoms with E-state index in [1.807, 2.05) is 24.3 Å². The molecule has 0 spiro atoms. The van der Waals surface area contributed by atoms with Gasteiger partial charge in [0.15, 0.2) is 0 Å². The molecule has 0 aliphatic heterocycles. The average molecular weight is 297 g/mol. The van der Waals surface area contributed by atoms with Crippen LogP contribution >= 0.6 is 11.3 Å². The van der Waals surface area contributed by atoms with E-state index in [1.165, 1.54) is 10.1 Å². The van der Waals surface area contributed by atoms with Crippen LogP contribution in [0.5, 0.6) is 0 Å². The van der Waals surface area contributed by atoms with Crippen LogP contribution in [0.15, 0.2) is 53.9 Å². The summed E-state index contributed by atoms with van der Waals surface area (Å²) in [6.07, 6.45) is 0.0570. The summed E-state index contributed by atoms with van der Waals surface area (Å²) < 4.78 is 1.27. The van der Waals surface area contributed by atoms with Crippen molar-refractivity contribution >= 4 is 33.1 Å². The molecule has 0 amide bonds. The van der Waals surface area contributed by atoms with E-state index in [9.17, 15) is 4.79 Å². The molecule has 21 heavy (non-hydrogen) atoms. The van der Waals surface area contributed by atoms with E-state index in [0.29, 0.717) is 6.54 Å². The fourth-order valence-corrected chi connectivity index (χ4v) is 3.11. The van der Waals surface area contributed by atoms with Gasteiger partial charge in [0, 0.05) is 16.9 Å². The molecule has 0 saturated heterocycles. The Hall–Kier alpha value is -2.33. The third-order valence-electron chi connectivity index (χ3n) is 3.40. The van der Waals surface area contributed by atoms with Gasteiger partial charge in [-0.3, -0.25) is 4.79 Å². The number of carbonyl (C=O) groups is 1. The number of benzene rings is 2. The molecule has 0 saturated carbocycles. The standard InChI is InChI=1S/C17H15NO2S/c19-17(20)10-12-3-1-2-4-14(12)11-18-15-5-6-16-13(9-15)7-8-21-16/h1-9,18H,10-11H2,(H,19,20). The summed E-state index contributed by atoms with van der Waals surface area (Å²) in [7, 11) is 0. The third kappa shape index (κ3) is 3.23. The average Bonchev–Trinajstić information content (AvgIpc) is 2.93. The maximum Gasteiger partial charge on any atom is 0.307 e. The SMILES string of the molecule is O=C(O)Cc1ccccc1CNc1ccc2sccc2c1. The number of fused-ring (bicyclic) bond motifs is 1. The first kappa shape index (κ1) is 13.6. The highest BCUT2D eigenvalue weighted by Crippen LogP contribution is 2.24. The normalized spacial score (nSPS) is 10.7. The number of anilines is 1. The molecule has 2 aromatic carbocycles. The van der Waals surface area contributed by atoms with Crippen LogP contribution in [0.3, 0.4) is 0 Å². The van der Waals surface area contributed by atoms with Gasteiger partial charge in [0.2, 0.25) is 0 Å². The maximum absolute atomic E-state index is 10.9. The van der Waals surface area contributed by atoms with Crippen LogP contribution in [0.4, 0.5) is 5.69 Å². The predicted molar refractivity (Wildman–Crippen MR) is 86.9 cm³/mol. The zero-order chi connectivity index (χ0) is 14.7. The van der Waals surface area contributed by atoms with Crippen molar-refractivity contribution in [2.75, 3.05) is 5.32 Å². The molecule has 3 rings (SSSR count). The molecule has 1 aromatic heterocycles. The third-order valence-corrected chi connectivity index (χ3v) is 4.29. The molecule has 0 fully saturated rings. The fraction of sp³-hybridized carbons (Fsp3) is 0.118. The van der Waals surface area contributed by atoms with Gasteiger partial charge >= 0.3 is 5.97 Å². The fourth-order valence-electron chi connectivity index (χ4n) is 2.34. The second kappa shape index (κ2) is 5.97. The van der Waals surface area contributed by atoms with Crippen LogP contribution in [-0.4, -0.2) is 11.1 Å². The van der Waals surface area contributed by atoms with E-state index in [1.54, 1.807) is 11.3 Å². The molecule has 0 bridgehead atoms. The van der Waals surface area contributed by atoms with Crippen molar-refractivity contribution in [3.05, 3.63) is 65.0 Å². The molecule has 0 aliphatic carbocycles. The van der Waals surface area contributed by atoms with Crippen molar-refractivity contribution in [2.45, 2.75) is 13.0 Å². The topological polar surface area (TPSA) is 49.3 Å². The lowest BCUT2D eigenvalue weighted by atomic mass is 10.0. The molecular weight excluding hydrogens is 282 g/mol. The van der Waals surface area contributed by atoms with Crippen LogP contribution in [0.25, 0.3) is 10.1 Å². The minimum absolute atomic E-state index is 0.0570. The van der Waals surface area contributed by atoms with Crippen molar-refractivity contribution in [1.29, 1.82) is 0 Å². The predicted octanol–water partition coefficient (Wildman–Crippen LogP) is 4.14. The Morgan fingerprint density at radius 2 is 1.90 bits per heavy atom. The van der Waals surface area contributed by atoms with Crippen molar-refractivity contribution in [2.24, 2.45) is 0 Å². The number of rotatable bonds is 5. The summed E-state index contributed by atoms with van der Waals surface area (Å²) in [5.41, 5.74) is 2.92. The van der Waals surface area contributed by atoms with Crippen LogP contribution < -0.4 is 5.32 Å². The van der Waals surface area contributed by atoms with Gasteiger partial charge in [0.25, 0.3) is 0 Å². The summed E-state index contributed by atoms with van der Waals surface area (Å²) in [6.45, 7) is 0.624. The van der Waals surface area contributed by atoms with Crippen LogP contribution in [0.2, 0.25) is 0 Å². The van der Waals surface area contributed by atoms with Crippen LogP contribution in [0.1, 0.15) is 11.1 Å². The van der Waals surface area contributed by atoms with Gasteiger partial charge in [-0.2, -0.15) is 0 Å². The van der Waals surface area contributed by atoms with Crippen LogP contribution in [0, 0.1) is 0 Å². The van der Waals surface area contributed by atoms with E-state index in [2.05, 4.69) is 35.0 Å². The Morgan fingerprint density at radius 1 is 1.10 bits per heavy atom. The monoisotopic (exact) mass is 297 g/mol. The maximum atomic E-state index is 10.9. The van der Waals surface area contributed by atoms with E-state index in [0.717, 1.165) is 16.8 Å². The molecule has 3 nitrogen and oxygen atoms in total. The molecule has 106 valence electrons. The second-order valence-electron chi connectivity index (χ2n) is 4.87. The number of nitrogens with one attached hydrogen (secondary N) is 1. The minimum atomic E-state index is -0.804. The number of thiophene rings is 1. The Morgan fingerprint density at radius 3 is 2.71 bits per heavy atom. The molecule has 4 heteroatoms.